The number of aliphatic imine (C=N–C) groups is 1. The van der Waals surface area contributed by atoms with Crippen LogP contribution < -0.4 is 0 Å². The van der Waals surface area contributed by atoms with Crippen molar-refractivity contribution in [2.75, 3.05) is 0 Å². The summed E-state index contributed by atoms with van der Waals surface area (Å²) in [6.07, 6.45) is 6.33. The van der Waals surface area contributed by atoms with Gasteiger partial charge in [-0.1, -0.05) is 24.3 Å². The minimum absolute atomic E-state index is 0.201. The first-order valence-corrected chi connectivity index (χ1v) is 5.52. The van der Waals surface area contributed by atoms with E-state index >= 15 is 0 Å². The lowest BCUT2D eigenvalue weighted by Gasteiger charge is -2.25. The van der Waals surface area contributed by atoms with Gasteiger partial charge in [0, 0.05) is 5.41 Å². The SMILES string of the molecule is O=C=N[C@H]1C[C@]12CCCc1ccccc12. The van der Waals surface area contributed by atoms with Crippen molar-refractivity contribution in [2.45, 2.75) is 37.1 Å². The third-order valence-corrected chi connectivity index (χ3v) is 3.87. The van der Waals surface area contributed by atoms with E-state index in [4.69, 9.17) is 0 Å². The van der Waals surface area contributed by atoms with Crippen molar-refractivity contribution in [3.05, 3.63) is 35.4 Å². The summed E-state index contributed by atoms with van der Waals surface area (Å²) < 4.78 is 0. The van der Waals surface area contributed by atoms with Crippen molar-refractivity contribution < 1.29 is 4.79 Å². The molecule has 2 heteroatoms. The van der Waals surface area contributed by atoms with E-state index in [9.17, 15) is 4.79 Å². The number of fused-ring (bicyclic) bond motifs is 2. The van der Waals surface area contributed by atoms with Crippen LogP contribution in [0.1, 0.15) is 30.4 Å². The molecule has 15 heavy (non-hydrogen) atoms. The van der Waals surface area contributed by atoms with Crippen LogP contribution in [-0.4, -0.2) is 12.1 Å². The highest BCUT2D eigenvalue weighted by Crippen LogP contribution is 2.56. The lowest BCUT2D eigenvalue weighted by atomic mass is 9.80. The lowest BCUT2D eigenvalue weighted by molar-refractivity contribution is 0.522. The Labute approximate surface area is 89.0 Å². The third-order valence-electron chi connectivity index (χ3n) is 3.87. The van der Waals surface area contributed by atoms with Crippen LogP contribution in [0.4, 0.5) is 0 Å². The van der Waals surface area contributed by atoms with Gasteiger partial charge in [0.25, 0.3) is 0 Å². The van der Waals surface area contributed by atoms with E-state index < -0.39 is 0 Å². The van der Waals surface area contributed by atoms with E-state index in [-0.39, 0.29) is 11.5 Å². The van der Waals surface area contributed by atoms with E-state index in [0.29, 0.717) is 0 Å². The van der Waals surface area contributed by atoms with E-state index in [1.54, 1.807) is 6.08 Å². The fraction of sp³-hybridized carbons (Fsp3) is 0.462. The van der Waals surface area contributed by atoms with E-state index in [1.807, 2.05) is 0 Å². The lowest BCUT2D eigenvalue weighted by Crippen LogP contribution is -2.19. The topological polar surface area (TPSA) is 29.4 Å². The molecule has 1 aromatic rings. The first kappa shape index (κ1) is 8.87. The smallest absolute Gasteiger partial charge is 0.211 e. The molecule has 0 heterocycles. The highest BCUT2D eigenvalue weighted by Gasteiger charge is 2.57. The molecule has 0 amide bonds. The Hall–Kier alpha value is -1.40. The fourth-order valence-corrected chi connectivity index (χ4v) is 3.03. The number of benzene rings is 1. The van der Waals surface area contributed by atoms with E-state index in [0.717, 1.165) is 6.42 Å². The summed E-state index contributed by atoms with van der Waals surface area (Å²) >= 11 is 0. The zero-order valence-corrected chi connectivity index (χ0v) is 8.57. The first-order chi connectivity index (χ1) is 7.37. The van der Waals surface area contributed by atoms with Gasteiger partial charge in [0.2, 0.25) is 6.08 Å². The Morgan fingerprint density at radius 2 is 2.27 bits per heavy atom. The molecule has 76 valence electrons. The predicted molar refractivity (Wildman–Crippen MR) is 57.6 cm³/mol. The van der Waals surface area contributed by atoms with Crippen LogP contribution in [0.15, 0.2) is 29.3 Å². The van der Waals surface area contributed by atoms with Crippen LogP contribution in [-0.2, 0) is 16.6 Å². The molecule has 2 aliphatic rings. The number of hydrogen-bond acceptors (Lipinski definition) is 2. The maximum absolute atomic E-state index is 10.3. The van der Waals surface area contributed by atoms with E-state index in [1.165, 1.54) is 30.4 Å². The molecular formula is C13H13NO. The van der Waals surface area contributed by atoms with Gasteiger partial charge in [-0.3, -0.25) is 0 Å². The molecule has 2 nitrogen and oxygen atoms in total. The number of hydrogen-bond donors (Lipinski definition) is 0. The van der Waals surface area contributed by atoms with Gasteiger partial charge in [0.15, 0.2) is 0 Å². The Morgan fingerprint density at radius 3 is 3.13 bits per heavy atom. The fourth-order valence-electron chi connectivity index (χ4n) is 3.03. The maximum atomic E-state index is 10.3. The molecular weight excluding hydrogens is 186 g/mol. The Kier molecular flexibility index (Phi) is 1.80. The van der Waals surface area contributed by atoms with Crippen molar-refractivity contribution in [1.29, 1.82) is 0 Å². The van der Waals surface area contributed by atoms with Gasteiger partial charge in [-0.25, -0.2) is 9.79 Å². The molecule has 0 radical (unpaired) electrons. The normalized spacial score (nSPS) is 31.9. The summed E-state index contributed by atoms with van der Waals surface area (Å²) in [4.78, 5) is 14.2. The van der Waals surface area contributed by atoms with E-state index in [2.05, 4.69) is 29.3 Å². The monoisotopic (exact) mass is 199 g/mol. The molecule has 0 N–H and O–H groups in total. The standard InChI is InChI=1S/C13H13NO/c15-9-14-12-8-13(12)7-3-5-10-4-1-2-6-11(10)13/h1-2,4,6,12H,3,5,7-8H2/t12-,13-/m0/s1. The number of carbonyl (C=O) groups excluding carboxylic acids is 1. The highest BCUT2D eigenvalue weighted by molar-refractivity contribution is 5.47. The van der Waals surface area contributed by atoms with Gasteiger partial charge in [-0.15, -0.1) is 0 Å². The Morgan fingerprint density at radius 1 is 1.40 bits per heavy atom. The van der Waals surface area contributed by atoms with Crippen molar-refractivity contribution in [3.8, 4) is 0 Å². The quantitative estimate of drug-likeness (QED) is 0.504. The number of rotatable bonds is 1. The maximum Gasteiger partial charge on any atom is 0.235 e. The van der Waals surface area contributed by atoms with Gasteiger partial charge < -0.3 is 0 Å². The molecule has 0 aliphatic heterocycles. The van der Waals surface area contributed by atoms with Crippen molar-refractivity contribution >= 4 is 6.08 Å². The first-order valence-electron chi connectivity index (χ1n) is 5.52. The third kappa shape index (κ3) is 1.18. The zero-order chi connectivity index (χ0) is 10.3. The second kappa shape index (κ2) is 3.04. The average molecular weight is 199 g/mol. The number of aryl methyl sites for hydroxylation is 1. The molecule has 1 saturated carbocycles. The van der Waals surface area contributed by atoms with Gasteiger partial charge >= 0.3 is 0 Å². The highest BCUT2D eigenvalue weighted by atomic mass is 16.1. The molecule has 1 fully saturated rings. The zero-order valence-electron chi connectivity index (χ0n) is 8.57. The Balaban J connectivity index is 2.05. The van der Waals surface area contributed by atoms with Gasteiger partial charge in [-0.05, 0) is 36.8 Å². The van der Waals surface area contributed by atoms with Crippen LogP contribution in [0, 0.1) is 0 Å². The molecule has 1 spiro atoms. The van der Waals surface area contributed by atoms with Gasteiger partial charge in [0.05, 0.1) is 6.04 Å². The van der Waals surface area contributed by atoms with Crippen LogP contribution in [0.2, 0.25) is 0 Å². The van der Waals surface area contributed by atoms with Crippen LogP contribution >= 0.6 is 0 Å². The van der Waals surface area contributed by atoms with Crippen molar-refractivity contribution in [1.82, 2.24) is 0 Å². The molecule has 3 rings (SSSR count). The summed E-state index contributed by atoms with van der Waals surface area (Å²) in [5, 5.41) is 0. The summed E-state index contributed by atoms with van der Waals surface area (Å²) in [5.74, 6) is 0. The largest absolute Gasteiger partial charge is 0.235 e. The molecule has 0 unspecified atom stereocenters. The van der Waals surface area contributed by atoms with Crippen LogP contribution in [0.3, 0.4) is 0 Å². The minimum atomic E-state index is 0.201. The van der Waals surface area contributed by atoms with Crippen molar-refractivity contribution in [3.63, 3.8) is 0 Å². The Bertz CT molecular complexity index is 448. The van der Waals surface area contributed by atoms with Crippen molar-refractivity contribution in [2.24, 2.45) is 4.99 Å². The molecule has 1 aromatic carbocycles. The number of nitrogens with zero attached hydrogens (tertiary/aromatic N) is 1. The molecule has 2 atom stereocenters. The molecule has 2 aliphatic carbocycles. The summed E-state index contributed by atoms with van der Waals surface area (Å²) in [6.45, 7) is 0. The van der Waals surface area contributed by atoms with Gasteiger partial charge in [-0.2, -0.15) is 0 Å². The molecule has 0 saturated heterocycles. The van der Waals surface area contributed by atoms with Gasteiger partial charge in [0.1, 0.15) is 0 Å². The minimum Gasteiger partial charge on any atom is -0.211 e. The van der Waals surface area contributed by atoms with Crippen LogP contribution in [0.5, 0.6) is 0 Å². The second-order valence-electron chi connectivity index (χ2n) is 4.61. The number of isocyanates is 1. The average Bonchev–Trinajstić information content (AvgIpc) is 2.94. The molecule has 0 aromatic heterocycles. The summed E-state index contributed by atoms with van der Waals surface area (Å²) in [5.41, 5.74) is 3.08. The van der Waals surface area contributed by atoms with Crippen LogP contribution in [0.25, 0.3) is 0 Å². The summed E-state index contributed by atoms with van der Waals surface area (Å²) in [7, 11) is 0. The summed E-state index contributed by atoms with van der Waals surface area (Å²) in [6, 6.07) is 8.80. The predicted octanol–water partition coefficient (Wildman–Crippen LogP) is 2.37. The second-order valence-corrected chi connectivity index (χ2v) is 4.61. The molecule has 0 bridgehead atoms.